The molecule has 206 valence electrons. The molecular formula is C29H28N10O2. The van der Waals surface area contributed by atoms with Gasteiger partial charge in [0.25, 0.3) is 5.56 Å². The number of benzene rings is 1. The highest BCUT2D eigenvalue weighted by Crippen LogP contribution is 2.23. The predicted molar refractivity (Wildman–Crippen MR) is 156 cm³/mol. The van der Waals surface area contributed by atoms with Gasteiger partial charge in [0.2, 0.25) is 11.9 Å². The molecule has 1 aliphatic heterocycles. The lowest BCUT2D eigenvalue weighted by Gasteiger charge is -2.35. The zero-order chi connectivity index (χ0) is 28.3. The van der Waals surface area contributed by atoms with Gasteiger partial charge in [-0.25, -0.2) is 19.3 Å². The van der Waals surface area contributed by atoms with E-state index in [9.17, 15) is 9.59 Å². The summed E-state index contributed by atoms with van der Waals surface area (Å²) in [6, 6.07) is 13.5. The van der Waals surface area contributed by atoms with Crippen molar-refractivity contribution in [2.75, 3.05) is 36.4 Å². The Morgan fingerprint density at radius 2 is 1.78 bits per heavy atom. The quantitative estimate of drug-likeness (QED) is 0.305. The number of carbonyl (C=O) groups is 1. The third-order valence-electron chi connectivity index (χ3n) is 6.97. The topological polar surface area (TPSA) is 127 Å². The average molecular weight is 549 g/mol. The van der Waals surface area contributed by atoms with Gasteiger partial charge in [-0.15, -0.1) is 6.58 Å². The number of carbonyl (C=O) groups excluding carboxylic acids is 1. The third kappa shape index (κ3) is 5.14. The lowest BCUT2D eigenvalue weighted by molar-refractivity contribution is -0.129. The second kappa shape index (κ2) is 11.0. The van der Waals surface area contributed by atoms with E-state index >= 15 is 0 Å². The standard InChI is InChI=1S/C29H28N10O2/c1-3-13-38-28(41)23-18-32-29(33-21-7-9-22(10-8-21)37-16-14-36(15-17-37)20(2)40)35-27(23)39(38)26-6-4-5-24(34-26)25-19-30-11-12-31-25/h3-12,18-19H,1,13-17H2,2H3,(H,32,33,35). The maximum absolute atomic E-state index is 13.3. The largest absolute Gasteiger partial charge is 0.368 e. The van der Waals surface area contributed by atoms with Crippen LogP contribution in [0.5, 0.6) is 0 Å². The van der Waals surface area contributed by atoms with Crippen molar-refractivity contribution in [2.45, 2.75) is 13.5 Å². The molecule has 1 amide bonds. The maximum Gasteiger partial charge on any atom is 0.278 e. The van der Waals surface area contributed by atoms with E-state index in [1.54, 1.807) is 36.3 Å². The Morgan fingerprint density at radius 3 is 2.49 bits per heavy atom. The molecule has 41 heavy (non-hydrogen) atoms. The van der Waals surface area contributed by atoms with E-state index in [1.165, 1.54) is 10.9 Å². The van der Waals surface area contributed by atoms with Crippen LogP contribution in [-0.4, -0.2) is 71.3 Å². The molecule has 1 N–H and O–H groups in total. The highest BCUT2D eigenvalue weighted by molar-refractivity contribution is 5.77. The number of aromatic nitrogens is 7. The molecule has 0 saturated carbocycles. The minimum absolute atomic E-state index is 0.111. The summed E-state index contributed by atoms with van der Waals surface area (Å²) in [5.74, 6) is 0.955. The first kappa shape index (κ1) is 25.9. The van der Waals surface area contributed by atoms with Crippen LogP contribution in [0.4, 0.5) is 17.3 Å². The van der Waals surface area contributed by atoms with Crippen molar-refractivity contribution in [1.29, 1.82) is 0 Å². The Kier molecular flexibility index (Phi) is 6.94. The number of pyridine rings is 1. The van der Waals surface area contributed by atoms with E-state index < -0.39 is 0 Å². The molecule has 0 aliphatic carbocycles. The Balaban J connectivity index is 1.31. The van der Waals surface area contributed by atoms with Crippen LogP contribution in [-0.2, 0) is 11.3 Å². The SMILES string of the molecule is C=CCn1c(=O)c2cnc(Nc3ccc(N4CCN(C(C)=O)CC4)cc3)nc2n1-c1cccc(-c2cnccn2)n1. The van der Waals surface area contributed by atoms with Crippen LogP contribution in [0.25, 0.3) is 28.2 Å². The number of allylic oxidation sites excluding steroid dienone is 1. The highest BCUT2D eigenvalue weighted by Gasteiger charge is 2.20. The van der Waals surface area contributed by atoms with Crippen LogP contribution >= 0.6 is 0 Å². The highest BCUT2D eigenvalue weighted by atomic mass is 16.2. The molecule has 4 aromatic heterocycles. The number of piperazine rings is 1. The first-order chi connectivity index (χ1) is 20.0. The Hall–Kier alpha value is -5.39. The maximum atomic E-state index is 13.3. The van der Waals surface area contributed by atoms with Crippen LogP contribution < -0.4 is 15.8 Å². The van der Waals surface area contributed by atoms with Gasteiger partial charge in [0.15, 0.2) is 11.5 Å². The fourth-order valence-electron chi connectivity index (χ4n) is 4.89. The first-order valence-corrected chi connectivity index (χ1v) is 13.2. The van der Waals surface area contributed by atoms with Gasteiger partial charge in [-0.3, -0.25) is 19.6 Å². The molecular weight excluding hydrogens is 520 g/mol. The molecule has 0 bridgehead atoms. The molecule has 12 heteroatoms. The smallest absolute Gasteiger partial charge is 0.278 e. The number of nitrogens with one attached hydrogen (secondary N) is 1. The average Bonchev–Trinajstić information content (AvgIpc) is 3.28. The molecule has 1 saturated heterocycles. The molecule has 0 atom stereocenters. The Labute approximate surface area is 235 Å². The molecule has 6 rings (SSSR count). The predicted octanol–water partition coefficient (Wildman–Crippen LogP) is 3.03. The second-order valence-corrected chi connectivity index (χ2v) is 9.56. The zero-order valence-electron chi connectivity index (χ0n) is 22.5. The molecule has 1 aliphatic rings. The molecule has 1 fully saturated rings. The summed E-state index contributed by atoms with van der Waals surface area (Å²) in [6.07, 6.45) is 8.02. The summed E-state index contributed by atoms with van der Waals surface area (Å²) in [5, 5.41) is 3.61. The Morgan fingerprint density at radius 1 is 0.976 bits per heavy atom. The molecule has 0 spiro atoms. The summed E-state index contributed by atoms with van der Waals surface area (Å²) >= 11 is 0. The monoisotopic (exact) mass is 548 g/mol. The molecule has 5 heterocycles. The van der Waals surface area contributed by atoms with Gasteiger partial charge in [0.1, 0.15) is 11.1 Å². The summed E-state index contributed by atoms with van der Waals surface area (Å²) in [5.41, 5.74) is 3.29. The van der Waals surface area contributed by atoms with Crippen molar-refractivity contribution in [3.8, 4) is 17.2 Å². The lowest BCUT2D eigenvalue weighted by atomic mass is 10.2. The van der Waals surface area contributed by atoms with Crippen LogP contribution in [0.3, 0.4) is 0 Å². The van der Waals surface area contributed by atoms with Gasteiger partial charge < -0.3 is 15.1 Å². The van der Waals surface area contributed by atoms with Crippen molar-refractivity contribution < 1.29 is 4.79 Å². The number of rotatable bonds is 7. The molecule has 0 unspecified atom stereocenters. The summed E-state index contributed by atoms with van der Waals surface area (Å²) in [4.78, 5) is 51.4. The van der Waals surface area contributed by atoms with E-state index in [-0.39, 0.29) is 18.0 Å². The van der Waals surface area contributed by atoms with Crippen molar-refractivity contribution in [1.82, 2.24) is 39.2 Å². The van der Waals surface area contributed by atoms with E-state index in [0.717, 1.165) is 24.5 Å². The van der Waals surface area contributed by atoms with Gasteiger partial charge in [-0.1, -0.05) is 12.1 Å². The summed E-state index contributed by atoms with van der Waals surface area (Å²) < 4.78 is 3.20. The van der Waals surface area contributed by atoms with Gasteiger partial charge in [0, 0.05) is 63.1 Å². The number of fused-ring (bicyclic) bond motifs is 1. The van der Waals surface area contributed by atoms with Gasteiger partial charge in [0.05, 0.1) is 18.4 Å². The fraction of sp³-hybridized carbons (Fsp3) is 0.207. The lowest BCUT2D eigenvalue weighted by Crippen LogP contribution is -2.48. The minimum Gasteiger partial charge on any atom is -0.368 e. The van der Waals surface area contributed by atoms with E-state index in [2.05, 4.69) is 31.7 Å². The minimum atomic E-state index is -0.243. The van der Waals surface area contributed by atoms with Gasteiger partial charge in [-0.05, 0) is 36.4 Å². The van der Waals surface area contributed by atoms with E-state index in [0.29, 0.717) is 47.3 Å². The van der Waals surface area contributed by atoms with Crippen molar-refractivity contribution in [3.05, 3.63) is 90.3 Å². The molecule has 1 aromatic carbocycles. The first-order valence-electron chi connectivity index (χ1n) is 13.2. The van der Waals surface area contributed by atoms with Crippen molar-refractivity contribution >= 4 is 34.3 Å². The van der Waals surface area contributed by atoms with Crippen LogP contribution in [0.1, 0.15) is 6.92 Å². The summed E-state index contributed by atoms with van der Waals surface area (Å²) in [7, 11) is 0. The number of amides is 1. The van der Waals surface area contributed by atoms with Crippen molar-refractivity contribution in [2.24, 2.45) is 0 Å². The number of hydrogen-bond donors (Lipinski definition) is 1. The van der Waals surface area contributed by atoms with Crippen LogP contribution in [0.2, 0.25) is 0 Å². The summed E-state index contributed by atoms with van der Waals surface area (Å²) in [6.45, 7) is 8.69. The van der Waals surface area contributed by atoms with Crippen LogP contribution in [0.15, 0.2) is 84.7 Å². The zero-order valence-corrected chi connectivity index (χ0v) is 22.5. The van der Waals surface area contributed by atoms with Gasteiger partial charge >= 0.3 is 0 Å². The molecule has 5 aromatic rings. The third-order valence-corrected chi connectivity index (χ3v) is 6.97. The number of nitrogens with zero attached hydrogens (tertiary/aromatic N) is 9. The van der Waals surface area contributed by atoms with E-state index in [1.807, 2.05) is 47.4 Å². The van der Waals surface area contributed by atoms with Crippen LogP contribution in [0, 0.1) is 0 Å². The fourth-order valence-corrected chi connectivity index (χ4v) is 4.89. The normalized spacial score (nSPS) is 13.4. The molecule has 12 nitrogen and oxygen atoms in total. The second-order valence-electron chi connectivity index (χ2n) is 9.56. The number of hydrogen-bond acceptors (Lipinski definition) is 9. The van der Waals surface area contributed by atoms with Gasteiger partial charge in [-0.2, -0.15) is 4.98 Å². The van der Waals surface area contributed by atoms with Crippen molar-refractivity contribution in [3.63, 3.8) is 0 Å². The Bertz CT molecular complexity index is 1770. The van der Waals surface area contributed by atoms with E-state index in [4.69, 9.17) is 9.97 Å². The molecule has 0 radical (unpaired) electrons. The number of anilines is 3.